The average molecular weight is 442 g/mol. The Kier molecular flexibility index (Phi) is 5.98. The summed E-state index contributed by atoms with van der Waals surface area (Å²) in [5, 5.41) is 4.34. The van der Waals surface area contributed by atoms with Gasteiger partial charge in [0.05, 0.1) is 12.2 Å². The number of nitrogens with one attached hydrogen (secondary N) is 2. The molecule has 6 nitrogen and oxygen atoms in total. The van der Waals surface area contributed by atoms with E-state index in [1.807, 2.05) is 36.5 Å². The first-order valence-electron chi connectivity index (χ1n) is 11.4. The van der Waals surface area contributed by atoms with Gasteiger partial charge in [-0.15, -0.1) is 0 Å². The van der Waals surface area contributed by atoms with E-state index < -0.39 is 0 Å². The second-order valence-corrected chi connectivity index (χ2v) is 8.57. The number of likely N-dealkylation sites (tertiary alicyclic amines) is 1. The molecule has 2 N–H and O–H groups in total. The standard InChI is InChI=1S/C27H27N3O3/c31-26(20-10-6-14-30(18-20)27(32)25-13-7-15-33-25)29-16-22(19-8-2-1-3-9-19)23-17-28-24-12-5-4-11-21(23)24/h1-5,7-9,11-13,15,17,20,22,28H,6,10,14,16,18H2,(H,29,31)/t20-,22+/m0/s1. The summed E-state index contributed by atoms with van der Waals surface area (Å²) in [6.45, 7) is 1.55. The summed E-state index contributed by atoms with van der Waals surface area (Å²) in [5.74, 6) is -0.0430. The lowest BCUT2D eigenvalue weighted by molar-refractivity contribution is -0.126. The first kappa shape index (κ1) is 21.1. The van der Waals surface area contributed by atoms with Crippen LogP contribution in [0.2, 0.25) is 0 Å². The number of carbonyl (C=O) groups is 2. The fraction of sp³-hybridized carbons (Fsp3) is 0.259. The Morgan fingerprint density at radius 3 is 2.70 bits per heavy atom. The van der Waals surface area contributed by atoms with Crippen molar-refractivity contribution in [2.24, 2.45) is 5.92 Å². The van der Waals surface area contributed by atoms with Crippen LogP contribution in [0.1, 0.15) is 40.4 Å². The molecule has 1 fully saturated rings. The van der Waals surface area contributed by atoms with Crippen molar-refractivity contribution in [1.82, 2.24) is 15.2 Å². The molecular formula is C27H27N3O3. The van der Waals surface area contributed by atoms with E-state index in [0.717, 1.165) is 34.9 Å². The minimum absolute atomic E-state index is 0.00674. The predicted octanol–water partition coefficient (Wildman–Crippen LogP) is 4.56. The monoisotopic (exact) mass is 441 g/mol. The second-order valence-electron chi connectivity index (χ2n) is 8.57. The molecule has 2 aromatic heterocycles. The smallest absolute Gasteiger partial charge is 0.289 e. The molecule has 1 aliphatic rings. The average Bonchev–Trinajstić information content (AvgIpc) is 3.55. The van der Waals surface area contributed by atoms with E-state index in [9.17, 15) is 9.59 Å². The van der Waals surface area contributed by atoms with E-state index in [0.29, 0.717) is 25.4 Å². The van der Waals surface area contributed by atoms with Crippen molar-refractivity contribution in [3.05, 3.63) is 96.1 Å². The van der Waals surface area contributed by atoms with E-state index >= 15 is 0 Å². The molecule has 0 bridgehead atoms. The number of amides is 2. The number of rotatable bonds is 6. The highest BCUT2D eigenvalue weighted by molar-refractivity contribution is 5.92. The molecule has 168 valence electrons. The summed E-state index contributed by atoms with van der Waals surface area (Å²) in [6.07, 6.45) is 5.11. The van der Waals surface area contributed by atoms with Gasteiger partial charge in [-0.25, -0.2) is 0 Å². The molecule has 0 radical (unpaired) electrons. The largest absolute Gasteiger partial charge is 0.459 e. The number of benzene rings is 2. The minimum Gasteiger partial charge on any atom is -0.459 e. The fourth-order valence-corrected chi connectivity index (χ4v) is 4.75. The van der Waals surface area contributed by atoms with Gasteiger partial charge >= 0.3 is 0 Å². The molecule has 2 aromatic carbocycles. The minimum atomic E-state index is -0.225. The molecule has 33 heavy (non-hydrogen) atoms. The van der Waals surface area contributed by atoms with Gasteiger partial charge in [-0.2, -0.15) is 0 Å². The summed E-state index contributed by atoms with van der Waals surface area (Å²) >= 11 is 0. The molecule has 0 saturated carbocycles. The van der Waals surface area contributed by atoms with Crippen LogP contribution >= 0.6 is 0 Å². The fourth-order valence-electron chi connectivity index (χ4n) is 4.75. The van der Waals surface area contributed by atoms with E-state index in [4.69, 9.17) is 4.42 Å². The number of piperidine rings is 1. The quantitative estimate of drug-likeness (QED) is 0.460. The molecule has 0 spiro atoms. The number of hydrogen-bond donors (Lipinski definition) is 2. The third kappa shape index (κ3) is 4.42. The van der Waals surface area contributed by atoms with Gasteiger partial charge in [0.2, 0.25) is 5.91 Å². The number of nitrogens with zero attached hydrogens (tertiary/aromatic N) is 1. The number of hydrogen-bond acceptors (Lipinski definition) is 3. The predicted molar refractivity (Wildman–Crippen MR) is 127 cm³/mol. The van der Waals surface area contributed by atoms with Gasteiger partial charge in [-0.3, -0.25) is 9.59 Å². The van der Waals surface area contributed by atoms with Gasteiger partial charge in [0.1, 0.15) is 0 Å². The topological polar surface area (TPSA) is 78.3 Å². The molecule has 3 heterocycles. The van der Waals surface area contributed by atoms with Crippen molar-refractivity contribution in [2.45, 2.75) is 18.8 Å². The van der Waals surface area contributed by atoms with Crippen molar-refractivity contribution in [2.75, 3.05) is 19.6 Å². The summed E-state index contributed by atoms with van der Waals surface area (Å²) < 4.78 is 5.25. The van der Waals surface area contributed by atoms with Gasteiger partial charge < -0.3 is 19.6 Å². The van der Waals surface area contributed by atoms with Crippen LogP contribution in [-0.4, -0.2) is 41.3 Å². The Hall–Kier alpha value is -3.80. The van der Waals surface area contributed by atoms with Crippen LogP contribution in [0.15, 0.2) is 83.6 Å². The van der Waals surface area contributed by atoms with E-state index in [1.54, 1.807) is 17.0 Å². The highest BCUT2D eigenvalue weighted by atomic mass is 16.3. The summed E-state index contributed by atoms with van der Waals surface area (Å²) in [6, 6.07) is 21.8. The highest BCUT2D eigenvalue weighted by Gasteiger charge is 2.30. The Morgan fingerprint density at radius 2 is 1.88 bits per heavy atom. The molecule has 1 saturated heterocycles. The van der Waals surface area contributed by atoms with Crippen molar-refractivity contribution in [3.8, 4) is 0 Å². The molecule has 1 aliphatic heterocycles. The molecular weight excluding hydrogens is 414 g/mol. The maximum Gasteiger partial charge on any atom is 0.289 e. The first-order chi connectivity index (χ1) is 16.2. The molecule has 0 unspecified atom stereocenters. The van der Waals surface area contributed by atoms with Crippen molar-refractivity contribution in [3.63, 3.8) is 0 Å². The molecule has 6 heteroatoms. The van der Waals surface area contributed by atoms with Crippen LogP contribution < -0.4 is 5.32 Å². The second kappa shape index (κ2) is 9.36. The lowest BCUT2D eigenvalue weighted by atomic mass is 9.90. The van der Waals surface area contributed by atoms with Crippen LogP contribution in [0, 0.1) is 5.92 Å². The number of fused-ring (bicyclic) bond motifs is 1. The first-order valence-corrected chi connectivity index (χ1v) is 11.4. The third-order valence-electron chi connectivity index (χ3n) is 6.49. The van der Waals surface area contributed by atoms with Crippen molar-refractivity contribution < 1.29 is 14.0 Å². The normalized spacial score (nSPS) is 17.1. The molecule has 2 amide bonds. The van der Waals surface area contributed by atoms with Gasteiger partial charge in [0.25, 0.3) is 5.91 Å². The summed E-state index contributed by atoms with van der Waals surface area (Å²) in [5.41, 5.74) is 3.40. The number of para-hydroxylation sites is 1. The van der Waals surface area contributed by atoms with Gasteiger partial charge in [0.15, 0.2) is 5.76 Å². The Labute approximate surface area is 192 Å². The Morgan fingerprint density at radius 1 is 1.06 bits per heavy atom. The van der Waals surface area contributed by atoms with E-state index in [-0.39, 0.29) is 23.7 Å². The lowest BCUT2D eigenvalue weighted by Gasteiger charge is -2.32. The van der Waals surface area contributed by atoms with E-state index in [2.05, 4.69) is 34.6 Å². The van der Waals surface area contributed by atoms with Crippen molar-refractivity contribution in [1.29, 1.82) is 0 Å². The van der Waals surface area contributed by atoms with Crippen molar-refractivity contribution >= 4 is 22.7 Å². The SMILES string of the molecule is O=C(NC[C@H](c1ccccc1)c1c[nH]c2ccccc12)[C@H]1CCCN(C(=O)c2ccco2)C1. The molecule has 4 aromatic rings. The van der Waals surface area contributed by atoms with E-state index in [1.165, 1.54) is 6.26 Å². The van der Waals surface area contributed by atoms with Gasteiger partial charge in [-0.1, -0.05) is 48.5 Å². The zero-order chi connectivity index (χ0) is 22.6. The van der Waals surface area contributed by atoms with Crippen LogP contribution in [0.4, 0.5) is 0 Å². The molecule has 5 rings (SSSR count). The number of H-pyrrole nitrogens is 1. The molecule has 2 atom stereocenters. The molecule has 0 aliphatic carbocycles. The summed E-state index contributed by atoms with van der Waals surface area (Å²) in [7, 11) is 0. The maximum absolute atomic E-state index is 13.1. The Bertz CT molecular complexity index is 1230. The van der Waals surface area contributed by atoms with Crippen LogP contribution in [0.5, 0.6) is 0 Å². The number of carbonyl (C=O) groups excluding carboxylic acids is 2. The third-order valence-corrected chi connectivity index (χ3v) is 6.49. The summed E-state index contributed by atoms with van der Waals surface area (Å²) in [4.78, 5) is 30.9. The van der Waals surface area contributed by atoms with Gasteiger partial charge in [0, 0.05) is 42.7 Å². The van der Waals surface area contributed by atoms with Gasteiger partial charge in [-0.05, 0) is 42.2 Å². The van der Waals surface area contributed by atoms with Crippen LogP contribution in [0.25, 0.3) is 10.9 Å². The van der Waals surface area contributed by atoms with Crippen LogP contribution in [0.3, 0.4) is 0 Å². The Balaban J connectivity index is 1.31. The number of furan rings is 1. The number of aromatic nitrogens is 1. The maximum atomic E-state index is 13.1. The zero-order valence-corrected chi connectivity index (χ0v) is 18.4. The lowest BCUT2D eigenvalue weighted by Crippen LogP contribution is -2.46. The zero-order valence-electron chi connectivity index (χ0n) is 18.4. The number of aromatic amines is 1. The highest BCUT2D eigenvalue weighted by Crippen LogP contribution is 2.30. The van der Waals surface area contributed by atoms with Crippen LogP contribution in [-0.2, 0) is 4.79 Å².